The van der Waals surface area contributed by atoms with E-state index in [-0.39, 0.29) is 26.4 Å². The molecular formula is C33H32N4O4. The van der Waals surface area contributed by atoms with Gasteiger partial charge in [-0.2, -0.15) is 0 Å². The Morgan fingerprint density at radius 3 is 1.27 bits per heavy atom. The van der Waals surface area contributed by atoms with Gasteiger partial charge in [0, 0.05) is 0 Å². The summed E-state index contributed by atoms with van der Waals surface area (Å²) in [6.07, 6.45) is 0. The second-order valence-electron chi connectivity index (χ2n) is 10.2. The first-order valence-electron chi connectivity index (χ1n) is 13.6. The number of benzene rings is 4. The zero-order chi connectivity index (χ0) is 28.1. The van der Waals surface area contributed by atoms with Crippen LogP contribution in [0.1, 0.15) is 13.8 Å². The average Bonchev–Trinajstić information content (AvgIpc) is 2.98. The van der Waals surface area contributed by atoms with E-state index in [1.807, 2.05) is 111 Å². The zero-order valence-electron chi connectivity index (χ0n) is 23.1. The lowest BCUT2D eigenvalue weighted by molar-refractivity contribution is -0.00290. The molecule has 41 heavy (non-hydrogen) atoms. The Bertz CT molecular complexity index is 1480. The predicted molar refractivity (Wildman–Crippen MR) is 163 cm³/mol. The molecule has 208 valence electrons. The van der Waals surface area contributed by atoms with Crippen molar-refractivity contribution in [2.75, 3.05) is 37.1 Å². The van der Waals surface area contributed by atoms with Crippen LogP contribution in [-0.4, -0.2) is 38.1 Å². The van der Waals surface area contributed by atoms with Gasteiger partial charge in [-0.1, -0.05) is 48.5 Å². The van der Waals surface area contributed by atoms with Crippen LogP contribution < -0.4 is 29.6 Å². The second kappa shape index (κ2) is 11.6. The first-order valence-corrected chi connectivity index (χ1v) is 13.6. The smallest absolute Gasteiger partial charge is 0.145 e. The summed E-state index contributed by atoms with van der Waals surface area (Å²) in [7, 11) is 0. The van der Waals surface area contributed by atoms with E-state index in [0.717, 1.165) is 34.4 Å². The fraction of sp³-hybridized carbons (Fsp3) is 0.212. The summed E-state index contributed by atoms with van der Waals surface area (Å²) in [5, 5.41) is 6.76. The number of hydrogen-bond acceptors (Lipinski definition) is 8. The minimum atomic E-state index is -0.726. The summed E-state index contributed by atoms with van der Waals surface area (Å²) in [5.41, 5.74) is 2.37. The van der Waals surface area contributed by atoms with Crippen molar-refractivity contribution in [3.05, 3.63) is 97.1 Å². The molecule has 2 N–H and O–H groups in total. The van der Waals surface area contributed by atoms with Gasteiger partial charge in [-0.3, -0.25) is 0 Å². The number of amidine groups is 2. The quantitative estimate of drug-likeness (QED) is 0.241. The minimum Gasteiger partial charge on any atom is -0.490 e. The zero-order valence-corrected chi connectivity index (χ0v) is 23.1. The molecule has 8 nitrogen and oxygen atoms in total. The van der Waals surface area contributed by atoms with Gasteiger partial charge in [0.15, 0.2) is 0 Å². The summed E-state index contributed by atoms with van der Waals surface area (Å²) >= 11 is 0. The molecule has 0 radical (unpaired) electrons. The molecule has 0 bridgehead atoms. The van der Waals surface area contributed by atoms with Crippen LogP contribution in [0.3, 0.4) is 0 Å². The largest absolute Gasteiger partial charge is 0.490 e. The molecular weight excluding hydrogens is 516 g/mol. The number of ether oxygens (including phenoxy) is 4. The summed E-state index contributed by atoms with van der Waals surface area (Å²) in [6, 6.07) is 31.1. The van der Waals surface area contributed by atoms with E-state index in [1.54, 1.807) is 0 Å². The monoisotopic (exact) mass is 548 g/mol. The van der Waals surface area contributed by atoms with Crippen LogP contribution >= 0.6 is 0 Å². The van der Waals surface area contributed by atoms with Gasteiger partial charge >= 0.3 is 0 Å². The number of aliphatic imine (C=N–C) groups is 2. The Balaban J connectivity index is 1.44. The number of fused-ring (bicyclic) bond motifs is 4. The van der Waals surface area contributed by atoms with Crippen molar-refractivity contribution in [3.63, 3.8) is 0 Å². The molecule has 0 saturated heterocycles. The SMILES string of the molecule is C/C1=N\c2ccccc2OCC2(COc3ccccc3/N=C(\C)Nc3ccccc3OC2)COc2ccccc2N1. The van der Waals surface area contributed by atoms with Crippen LogP contribution in [0.25, 0.3) is 0 Å². The van der Waals surface area contributed by atoms with Gasteiger partial charge in [-0.05, 0) is 62.4 Å². The molecule has 0 fully saturated rings. The Labute approximate surface area is 239 Å². The maximum atomic E-state index is 6.51. The summed E-state index contributed by atoms with van der Waals surface area (Å²) < 4.78 is 26.0. The molecule has 0 unspecified atom stereocenters. The number of nitrogens with zero attached hydrogens (tertiary/aromatic N) is 2. The molecule has 2 heterocycles. The van der Waals surface area contributed by atoms with Gasteiger partial charge in [0.25, 0.3) is 0 Å². The Hall–Kier alpha value is -4.98. The van der Waals surface area contributed by atoms with E-state index in [1.165, 1.54) is 0 Å². The van der Waals surface area contributed by atoms with Crippen LogP contribution in [0.4, 0.5) is 22.7 Å². The van der Waals surface area contributed by atoms with E-state index in [4.69, 9.17) is 28.9 Å². The van der Waals surface area contributed by atoms with Crippen LogP contribution in [0.2, 0.25) is 0 Å². The molecule has 2 aliphatic rings. The van der Waals surface area contributed by atoms with Crippen molar-refractivity contribution in [1.82, 2.24) is 0 Å². The molecule has 0 atom stereocenters. The third-order valence-corrected chi connectivity index (χ3v) is 6.85. The van der Waals surface area contributed by atoms with Gasteiger partial charge in [-0.15, -0.1) is 0 Å². The molecule has 4 aromatic rings. The average molecular weight is 549 g/mol. The molecule has 0 aromatic heterocycles. The van der Waals surface area contributed by atoms with Gasteiger partial charge in [0.05, 0.1) is 11.4 Å². The van der Waals surface area contributed by atoms with E-state index >= 15 is 0 Å². The third kappa shape index (κ3) is 6.11. The highest BCUT2D eigenvalue weighted by atomic mass is 16.5. The maximum Gasteiger partial charge on any atom is 0.145 e. The first kappa shape index (κ1) is 26.3. The summed E-state index contributed by atoms with van der Waals surface area (Å²) in [4.78, 5) is 9.59. The Morgan fingerprint density at radius 1 is 0.488 bits per heavy atom. The second-order valence-corrected chi connectivity index (χ2v) is 10.2. The highest BCUT2D eigenvalue weighted by molar-refractivity contribution is 5.97. The maximum absolute atomic E-state index is 6.51. The van der Waals surface area contributed by atoms with Gasteiger partial charge in [0.1, 0.15) is 77.9 Å². The van der Waals surface area contributed by atoms with Crippen molar-refractivity contribution < 1.29 is 18.9 Å². The topological polar surface area (TPSA) is 85.7 Å². The normalized spacial score (nSPS) is 18.9. The molecule has 1 spiro atoms. The lowest BCUT2D eigenvalue weighted by Gasteiger charge is -2.34. The van der Waals surface area contributed by atoms with Gasteiger partial charge < -0.3 is 29.6 Å². The van der Waals surface area contributed by atoms with Gasteiger partial charge in [-0.25, -0.2) is 9.98 Å². The van der Waals surface area contributed by atoms with Crippen molar-refractivity contribution in [1.29, 1.82) is 0 Å². The molecule has 4 aromatic carbocycles. The fourth-order valence-electron chi connectivity index (χ4n) is 4.72. The van der Waals surface area contributed by atoms with Crippen molar-refractivity contribution >= 4 is 34.4 Å². The van der Waals surface area contributed by atoms with Gasteiger partial charge in [0.2, 0.25) is 0 Å². The number of hydrogen-bond donors (Lipinski definition) is 2. The Morgan fingerprint density at radius 2 is 0.829 bits per heavy atom. The van der Waals surface area contributed by atoms with E-state index in [0.29, 0.717) is 23.0 Å². The number of rotatable bonds is 0. The van der Waals surface area contributed by atoms with Crippen molar-refractivity contribution in [2.24, 2.45) is 15.4 Å². The lowest BCUT2D eigenvalue weighted by Crippen LogP contribution is -2.45. The summed E-state index contributed by atoms with van der Waals surface area (Å²) in [5.74, 6) is 4.17. The molecule has 0 amide bonds. The number of para-hydroxylation sites is 8. The van der Waals surface area contributed by atoms with Crippen molar-refractivity contribution in [3.8, 4) is 23.0 Å². The van der Waals surface area contributed by atoms with E-state index in [2.05, 4.69) is 10.6 Å². The third-order valence-electron chi connectivity index (χ3n) is 6.85. The van der Waals surface area contributed by atoms with Crippen LogP contribution in [0.5, 0.6) is 23.0 Å². The van der Waals surface area contributed by atoms with Crippen LogP contribution in [0.15, 0.2) is 107 Å². The van der Waals surface area contributed by atoms with Crippen molar-refractivity contribution in [2.45, 2.75) is 13.8 Å². The molecule has 2 aliphatic heterocycles. The van der Waals surface area contributed by atoms with Crippen LogP contribution in [-0.2, 0) is 0 Å². The highest BCUT2D eigenvalue weighted by Crippen LogP contribution is 2.36. The number of anilines is 2. The predicted octanol–water partition coefficient (Wildman–Crippen LogP) is 7.24. The lowest BCUT2D eigenvalue weighted by atomic mass is 9.91. The highest BCUT2D eigenvalue weighted by Gasteiger charge is 2.37. The molecule has 8 heteroatoms. The van der Waals surface area contributed by atoms with E-state index < -0.39 is 5.41 Å². The minimum absolute atomic E-state index is 0.258. The Kier molecular flexibility index (Phi) is 7.45. The fourth-order valence-corrected chi connectivity index (χ4v) is 4.72. The first-order chi connectivity index (χ1) is 20.1. The summed E-state index contributed by atoms with van der Waals surface area (Å²) in [6.45, 7) is 4.89. The molecule has 0 saturated carbocycles. The van der Waals surface area contributed by atoms with Crippen LogP contribution in [0, 0.1) is 5.41 Å². The number of nitrogens with one attached hydrogen (secondary N) is 2. The van der Waals surface area contributed by atoms with E-state index in [9.17, 15) is 0 Å². The standard InChI is InChI=1S/C33H32N4O4/c1-23-34-25-11-3-7-15-29(25)38-19-33(20-39-30-16-8-4-12-26(30)35-23)21-40-31-17-9-5-13-27(31)36-24(2)37-28-14-6-10-18-32(28)41-22-33/h3-18H,19-22H2,1-2H3,(H,34,35)(H,36,37). The molecule has 0 aliphatic carbocycles. The molecule has 6 rings (SSSR count).